The van der Waals surface area contributed by atoms with Crippen molar-refractivity contribution in [3.8, 4) is 0 Å². The molecule has 1 aliphatic rings. The Balaban J connectivity index is 1.69. The molecule has 3 rings (SSSR count). The largest absolute Gasteiger partial charge is 0.450 e. The van der Waals surface area contributed by atoms with Crippen molar-refractivity contribution < 1.29 is 14.3 Å². The number of aliphatic imine (C=N–C) groups is 1. The molecule has 2 aromatic rings. The van der Waals surface area contributed by atoms with E-state index >= 15 is 0 Å². The number of fused-ring (bicyclic) bond motifs is 1. The van der Waals surface area contributed by atoms with Crippen molar-refractivity contribution in [3.05, 3.63) is 51.4 Å². The molecule has 0 radical (unpaired) electrons. The lowest BCUT2D eigenvalue weighted by Crippen LogP contribution is -2.35. The number of hydrogen-bond donors (Lipinski definition) is 1. The maximum absolute atomic E-state index is 12.6. The van der Waals surface area contributed by atoms with E-state index in [1.54, 1.807) is 11.8 Å². The zero-order valence-corrected chi connectivity index (χ0v) is 17.8. The molecule has 2 amide bonds. The van der Waals surface area contributed by atoms with Gasteiger partial charge in [-0.1, -0.05) is 29.8 Å². The molecular formula is C22H27N3O3S. The van der Waals surface area contributed by atoms with Gasteiger partial charge >= 0.3 is 6.09 Å². The highest BCUT2D eigenvalue weighted by Gasteiger charge is 2.27. The van der Waals surface area contributed by atoms with E-state index in [4.69, 9.17) is 4.74 Å². The predicted molar refractivity (Wildman–Crippen MR) is 117 cm³/mol. The first kappa shape index (κ1) is 21.0. The molecule has 0 bridgehead atoms. The van der Waals surface area contributed by atoms with Crippen LogP contribution in [0.25, 0.3) is 0 Å². The summed E-state index contributed by atoms with van der Waals surface area (Å²) < 4.78 is 5.12. The number of carbonyl (C=O) groups excluding carboxylic acids is 2. The molecule has 1 N–H and O–H groups in total. The summed E-state index contributed by atoms with van der Waals surface area (Å²) in [7, 11) is 0. The maximum atomic E-state index is 12.6. The van der Waals surface area contributed by atoms with Crippen LogP contribution in [0.15, 0.2) is 29.3 Å². The Morgan fingerprint density at radius 2 is 2.21 bits per heavy atom. The number of rotatable bonds is 7. The summed E-state index contributed by atoms with van der Waals surface area (Å²) in [4.78, 5) is 31.4. The second-order valence-corrected chi connectivity index (χ2v) is 8.21. The minimum absolute atomic E-state index is 0.0161. The summed E-state index contributed by atoms with van der Waals surface area (Å²) in [6, 6.07) is 8.21. The molecule has 0 atom stereocenters. The Morgan fingerprint density at radius 3 is 2.93 bits per heavy atom. The van der Waals surface area contributed by atoms with Gasteiger partial charge in [-0.15, -0.1) is 11.3 Å². The molecular weight excluding hydrogens is 386 g/mol. The summed E-state index contributed by atoms with van der Waals surface area (Å²) in [5, 5.41) is 3.89. The van der Waals surface area contributed by atoms with Crippen molar-refractivity contribution in [2.75, 3.05) is 18.5 Å². The molecule has 2 heterocycles. The highest BCUT2D eigenvalue weighted by Crippen LogP contribution is 2.38. The van der Waals surface area contributed by atoms with Gasteiger partial charge in [-0.05, 0) is 44.5 Å². The van der Waals surface area contributed by atoms with Gasteiger partial charge in [-0.3, -0.25) is 9.79 Å². The summed E-state index contributed by atoms with van der Waals surface area (Å²) >= 11 is 1.52. The Kier molecular flexibility index (Phi) is 7.04. The van der Waals surface area contributed by atoms with Gasteiger partial charge in [-0.2, -0.15) is 0 Å². The zero-order valence-electron chi connectivity index (χ0n) is 17.0. The van der Waals surface area contributed by atoms with Gasteiger partial charge in [0.15, 0.2) is 0 Å². The molecule has 1 aromatic heterocycles. The molecule has 7 heteroatoms. The number of thiophene rings is 1. The number of nitrogens with one attached hydrogen (secondary N) is 1. The first-order valence-corrected chi connectivity index (χ1v) is 10.7. The van der Waals surface area contributed by atoms with Gasteiger partial charge < -0.3 is 15.0 Å². The first-order chi connectivity index (χ1) is 14.0. The SMILES string of the molecule is C=NCc1c(NC(=O)CCc2cccc(C)c2)sc2c1CCN(C(=O)OCC)C2. The molecule has 29 heavy (non-hydrogen) atoms. The number of hydrogen-bond acceptors (Lipinski definition) is 5. The number of anilines is 1. The molecule has 0 fully saturated rings. The fourth-order valence-corrected chi connectivity index (χ4v) is 4.83. The van der Waals surface area contributed by atoms with E-state index in [0.29, 0.717) is 39.1 Å². The number of carbonyl (C=O) groups is 2. The smallest absolute Gasteiger partial charge is 0.410 e. The average molecular weight is 414 g/mol. The van der Waals surface area contributed by atoms with E-state index in [2.05, 4.69) is 23.1 Å². The van der Waals surface area contributed by atoms with Crippen LogP contribution in [0.4, 0.5) is 9.80 Å². The summed E-state index contributed by atoms with van der Waals surface area (Å²) in [6.45, 7) is 9.39. The standard InChI is InChI=1S/C22H27N3O3S/c1-4-28-22(27)25-11-10-17-18(13-23-3)21(29-19(17)14-25)24-20(26)9-8-16-7-5-6-15(2)12-16/h5-7,12H,3-4,8-11,13-14H2,1-2H3,(H,24,26). The molecule has 6 nitrogen and oxygen atoms in total. The van der Waals surface area contributed by atoms with Crippen LogP contribution in [-0.4, -0.2) is 36.8 Å². The third-order valence-electron chi connectivity index (χ3n) is 4.94. The van der Waals surface area contributed by atoms with E-state index < -0.39 is 0 Å². The number of benzene rings is 1. The van der Waals surface area contributed by atoms with Crippen LogP contribution < -0.4 is 5.32 Å². The third-order valence-corrected chi connectivity index (χ3v) is 6.11. The third kappa shape index (κ3) is 5.23. The minimum atomic E-state index is -0.293. The molecule has 1 aliphatic heterocycles. The Morgan fingerprint density at radius 1 is 1.38 bits per heavy atom. The Labute approximate surface area is 175 Å². The molecule has 0 spiro atoms. The Bertz CT molecular complexity index is 907. The second kappa shape index (κ2) is 9.69. The minimum Gasteiger partial charge on any atom is -0.450 e. The summed E-state index contributed by atoms with van der Waals surface area (Å²) in [5.41, 5.74) is 4.55. The van der Waals surface area contributed by atoms with Gasteiger partial charge in [0.05, 0.1) is 19.7 Å². The van der Waals surface area contributed by atoms with Gasteiger partial charge in [0.25, 0.3) is 0 Å². The van der Waals surface area contributed by atoms with E-state index in [1.165, 1.54) is 22.5 Å². The number of aryl methyl sites for hydroxylation is 2. The fraction of sp³-hybridized carbons (Fsp3) is 0.409. The lowest BCUT2D eigenvalue weighted by atomic mass is 10.0. The zero-order chi connectivity index (χ0) is 20.8. The van der Waals surface area contributed by atoms with Gasteiger partial charge in [0.1, 0.15) is 5.00 Å². The topological polar surface area (TPSA) is 71.0 Å². The second-order valence-electron chi connectivity index (χ2n) is 7.10. The lowest BCUT2D eigenvalue weighted by Gasteiger charge is -2.26. The average Bonchev–Trinajstić information content (AvgIpc) is 3.03. The summed E-state index contributed by atoms with van der Waals surface area (Å²) in [5.74, 6) is -0.0161. The van der Waals surface area contributed by atoms with Crippen molar-refractivity contribution in [3.63, 3.8) is 0 Å². The Hall–Kier alpha value is -2.67. The maximum Gasteiger partial charge on any atom is 0.410 e. The van der Waals surface area contributed by atoms with Crippen molar-refractivity contribution in [1.82, 2.24) is 4.90 Å². The highest BCUT2D eigenvalue weighted by molar-refractivity contribution is 7.16. The number of nitrogens with zero attached hydrogens (tertiary/aromatic N) is 2. The predicted octanol–water partition coefficient (Wildman–Crippen LogP) is 4.34. The normalized spacial score (nSPS) is 13.0. The monoisotopic (exact) mass is 413 g/mol. The van der Waals surface area contributed by atoms with Crippen LogP contribution in [0.2, 0.25) is 0 Å². The summed E-state index contributed by atoms with van der Waals surface area (Å²) in [6.07, 6.45) is 1.56. The van der Waals surface area contributed by atoms with Gasteiger partial charge in [0.2, 0.25) is 5.91 Å². The fourth-order valence-electron chi connectivity index (χ4n) is 3.53. The quantitative estimate of drug-likeness (QED) is 0.686. The van der Waals surface area contributed by atoms with Crippen molar-refractivity contribution in [2.24, 2.45) is 4.99 Å². The van der Waals surface area contributed by atoms with Crippen LogP contribution in [0.1, 0.15) is 40.5 Å². The van der Waals surface area contributed by atoms with Crippen LogP contribution in [0.5, 0.6) is 0 Å². The van der Waals surface area contributed by atoms with Crippen LogP contribution in [-0.2, 0) is 35.5 Å². The van der Waals surface area contributed by atoms with Crippen LogP contribution in [0, 0.1) is 6.92 Å². The van der Waals surface area contributed by atoms with Crippen LogP contribution in [0.3, 0.4) is 0 Å². The van der Waals surface area contributed by atoms with E-state index in [-0.39, 0.29) is 12.0 Å². The molecule has 0 aliphatic carbocycles. The van der Waals surface area contributed by atoms with E-state index in [0.717, 1.165) is 27.4 Å². The van der Waals surface area contributed by atoms with Crippen LogP contribution >= 0.6 is 11.3 Å². The van der Waals surface area contributed by atoms with Crippen molar-refractivity contribution in [2.45, 2.75) is 46.2 Å². The molecule has 0 saturated heterocycles. The first-order valence-electron chi connectivity index (χ1n) is 9.84. The van der Waals surface area contributed by atoms with Crippen molar-refractivity contribution in [1.29, 1.82) is 0 Å². The van der Waals surface area contributed by atoms with Gasteiger partial charge in [-0.25, -0.2) is 4.79 Å². The van der Waals surface area contributed by atoms with Gasteiger partial charge in [0, 0.05) is 23.4 Å². The van der Waals surface area contributed by atoms with E-state index in [1.807, 2.05) is 25.1 Å². The molecule has 0 unspecified atom stereocenters. The van der Waals surface area contributed by atoms with Crippen molar-refractivity contribution >= 4 is 35.1 Å². The molecule has 154 valence electrons. The highest BCUT2D eigenvalue weighted by atomic mass is 32.1. The molecule has 1 aromatic carbocycles. The number of amides is 2. The number of ether oxygens (including phenoxy) is 1. The van der Waals surface area contributed by atoms with E-state index in [9.17, 15) is 9.59 Å². The lowest BCUT2D eigenvalue weighted by molar-refractivity contribution is -0.116. The molecule has 0 saturated carbocycles.